The molecule has 1 aliphatic carbocycles. The van der Waals surface area contributed by atoms with Gasteiger partial charge in [0.2, 0.25) is 0 Å². The summed E-state index contributed by atoms with van der Waals surface area (Å²) in [5, 5.41) is 15.8. The lowest BCUT2D eigenvalue weighted by molar-refractivity contribution is 0.0674. The molecule has 2 aliphatic rings. The number of rotatable bonds is 5. The van der Waals surface area contributed by atoms with Crippen LogP contribution >= 0.6 is 11.3 Å². The number of carbonyl (C=O) groups excluding carboxylic acids is 1. The average Bonchev–Trinajstić information content (AvgIpc) is 3.25. The number of hydrogen-bond donors (Lipinski definition) is 1. The van der Waals surface area contributed by atoms with E-state index in [9.17, 15) is 14.7 Å². The number of fused-ring (bicyclic) bond motifs is 1. The SMILES string of the molecule is CCc1c(C(=O)N2CCc3c(c(C(=O)O)nn3CC3CC3)C2)csc1C. The predicted molar refractivity (Wildman–Crippen MR) is 98.8 cm³/mol. The van der Waals surface area contributed by atoms with E-state index in [2.05, 4.69) is 12.0 Å². The van der Waals surface area contributed by atoms with Crippen LogP contribution in [0.1, 0.15) is 62.3 Å². The van der Waals surface area contributed by atoms with Crippen LogP contribution in [0.2, 0.25) is 0 Å². The van der Waals surface area contributed by atoms with Crippen molar-refractivity contribution in [2.24, 2.45) is 5.92 Å². The zero-order chi connectivity index (χ0) is 18.4. The minimum atomic E-state index is -1.01. The number of carbonyl (C=O) groups is 2. The molecule has 1 amide bonds. The lowest BCUT2D eigenvalue weighted by Gasteiger charge is -2.28. The summed E-state index contributed by atoms with van der Waals surface area (Å²) < 4.78 is 1.88. The van der Waals surface area contributed by atoms with Crippen LogP contribution in [0.15, 0.2) is 5.38 Å². The smallest absolute Gasteiger partial charge is 0.356 e. The third-order valence-electron chi connectivity index (χ3n) is 5.44. The highest BCUT2D eigenvalue weighted by Gasteiger charge is 2.33. The molecule has 4 rings (SSSR count). The van der Waals surface area contributed by atoms with Crippen molar-refractivity contribution in [2.45, 2.75) is 52.6 Å². The number of carboxylic acids is 1. The predicted octanol–water partition coefficient (Wildman–Crippen LogP) is 3.12. The average molecular weight is 373 g/mol. The summed E-state index contributed by atoms with van der Waals surface area (Å²) in [5.41, 5.74) is 3.68. The first-order valence-electron chi connectivity index (χ1n) is 9.17. The van der Waals surface area contributed by atoms with Gasteiger partial charge in [0.1, 0.15) is 0 Å². The third-order valence-corrected chi connectivity index (χ3v) is 6.39. The van der Waals surface area contributed by atoms with Crippen LogP contribution in [-0.4, -0.2) is 38.2 Å². The molecule has 0 spiro atoms. The van der Waals surface area contributed by atoms with Crippen molar-refractivity contribution in [3.63, 3.8) is 0 Å². The molecule has 0 saturated heterocycles. The summed E-state index contributed by atoms with van der Waals surface area (Å²) in [5.74, 6) is -0.380. The summed E-state index contributed by atoms with van der Waals surface area (Å²) in [6.07, 6.45) is 3.88. The molecule has 0 aromatic carbocycles. The number of thiophene rings is 1. The molecule has 7 heteroatoms. The number of carboxylic acid groups (broad SMARTS) is 1. The van der Waals surface area contributed by atoms with Gasteiger partial charge in [-0.1, -0.05) is 6.92 Å². The number of amides is 1. The van der Waals surface area contributed by atoms with Gasteiger partial charge in [-0.05, 0) is 37.7 Å². The van der Waals surface area contributed by atoms with Gasteiger partial charge in [0.15, 0.2) is 5.69 Å². The van der Waals surface area contributed by atoms with Crippen molar-refractivity contribution in [2.75, 3.05) is 6.54 Å². The molecular weight excluding hydrogens is 350 g/mol. The first kappa shape index (κ1) is 17.3. The van der Waals surface area contributed by atoms with Crippen LogP contribution in [-0.2, 0) is 25.9 Å². The zero-order valence-corrected chi connectivity index (χ0v) is 15.9. The van der Waals surface area contributed by atoms with E-state index in [0.717, 1.165) is 29.8 Å². The van der Waals surface area contributed by atoms with Crippen LogP contribution in [0, 0.1) is 12.8 Å². The maximum absolute atomic E-state index is 13.0. The number of nitrogens with zero attached hydrogens (tertiary/aromatic N) is 3. The Labute approximate surface area is 156 Å². The molecule has 1 fully saturated rings. The molecule has 0 radical (unpaired) electrons. The largest absolute Gasteiger partial charge is 0.476 e. The normalized spacial score (nSPS) is 16.6. The number of aromatic nitrogens is 2. The second-order valence-corrected chi connectivity index (χ2v) is 8.30. The van der Waals surface area contributed by atoms with Gasteiger partial charge in [-0.2, -0.15) is 5.10 Å². The Bertz CT molecular complexity index is 879. The topological polar surface area (TPSA) is 75.4 Å². The summed E-state index contributed by atoms with van der Waals surface area (Å²) in [6, 6.07) is 0. The first-order chi connectivity index (χ1) is 12.5. The highest BCUT2D eigenvalue weighted by molar-refractivity contribution is 7.10. The highest BCUT2D eigenvalue weighted by Crippen LogP contribution is 2.33. The maximum atomic E-state index is 13.0. The fraction of sp³-hybridized carbons (Fsp3) is 0.526. The van der Waals surface area contributed by atoms with Crippen LogP contribution in [0.4, 0.5) is 0 Å². The Morgan fingerprint density at radius 3 is 2.81 bits per heavy atom. The first-order valence-corrected chi connectivity index (χ1v) is 10.1. The summed E-state index contributed by atoms with van der Waals surface area (Å²) >= 11 is 1.60. The van der Waals surface area contributed by atoms with Gasteiger partial charge in [0.05, 0.1) is 12.1 Å². The third kappa shape index (κ3) is 2.94. The van der Waals surface area contributed by atoms with E-state index in [1.807, 2.05) is 17.0 Å². The molecular formula is C19H23N3O3S. The fourth-order valence-corrected chi connectivity index (χ4v) is 4.73. The van der Waals surface area contributed by atoms with E-state index in [-0.39, 0.29) is 11.6 Å². The van der Waals surface area contributed by atoms with Gasteiger partial charge in [-0.3, -0.25) is 9.48 Å². The van der Waals surface area contributed by atoms with E-state index in [0.29, 0.717) is 31.0 Å². The Hall–Kier alpha value is -2.15. The second-order valence-electron chi connectivity index (χ2n) is 7.22. The van der Waals surface area contributed by atoms with Gasteiger partial charge < -0.3 is 10.0 Å². The maximum Gasteiger partial charge on any atom is 0.356 e. The molecule has 1 saturated carbocycles. The Morgan fingerprint density at radius 2 is 2.15 bits per heavy atom. The minimum absolute atomic E-state index is 0.00290. The Morgan fingerprint density at radius 1 is 1.38 bits per heavy atom. The highest BCUT2D eigenvalue weighted by atomic mass is 32.1. The van der Waals surface area contributed by atoms with Crippen molar-refractivity contribution < 1.29 is 14.7 Å². The quantitative estimate of drug-likeness (QED) is 0.874. The number of aryl methyl sites for hydroxylation is 1. The molecule has 1 N–H and O–H groups in total. The molecule has 26 heavy (non-hydrogen) atoms. The van der Waals surface area contributed by atoms with Gasteiger partial charge in [0, 0.05) is 41.0 Å². The van der Waals surface area contributed by atoms with Crippen molar-refractivity contribution in [3.05, 3.63) is 38.3 Å². The summed E-state index contributed by atoms with van der Waals surface area (Å²) in [6.45, 7) is 5.84. The molecule has 0 bridgehead atoms. The number of hydrogen-bond acceptors (Lipinski definition) is 4. The van der Waals surface area contributed by atoms with Gasteiger partial charge >= 0.3 is 5.97 Å². The van der Waals surface area contributed by atoms with Crippen LogP contribution in [0.5, 0.6) is 0 Å². The van der Waals surface area contributed by atoms with Gasteiger partial charge in [0.25, 0.3) is 5.91 Å². The standard InChI is InChI=1S/C19H23N3O3S/c1-3-13-11(2)26-10-15(13)18(23)21-7-6-16-14(9-21)17(19(24)25)20-22(16)8-12-4-5-12/h10,12H,3-9H2,1-2H3,(H,24,25). The van der Waals surface area contributed by atoms with Crippen molar-refractivity contribution in [1.82, 2.24) is 14.7 Å². The molecule has 1 aliphatic heterocycles. The molecule has 6 nitrogen and oxygen atoms in total. The zero-order valence-electron chi connectivity index (χ0n) is 15.1. The molecule has 2 aromatic rings. The van der Waals surface area contributed by atoms with E-state index < -0.39 is 5.97 Å². The minimum Gasteiger partial charge on any atom is -0.476 e. The van der Waals surface area contributed by atoms with E-state index in [4.69, 9.17) is 0 Å². The Balaban J connectivity index is 1.63. The molecule has 0 unspecified atom stereocenters. The van der Waals surface area contributed by atoms with Crippen LogP contribution in [0.25, 0.3) is 0 Å². The van der Waals surface area contributed by atoms with E-state index in [1.165, 1.54) is 17.7 Å². The Kier molecular flexibility index (Phi) is 4.34. The molecule has 138 valence electrons. The van der Waals surface area contributed by atoms with Crippen molar-refractivity contribution in [3.8, 4) is 0 Å². The number of aromatic carboxylic acids is 1. The monoisotopic (exact) mass is 373 g/mol. The summed E-state index contributed by atoms with van der Waals surface area (Å²) in [4.78, 5) is 27.7. The van der Waals surface area contributed by atoms with Gasteiger partial charge in [-0.25, -0.2) is 4.79 Å². The molecule has 3 heterocycles. The molecule has 0 atom stereocenters. The van der Waals surface area contributed by atoms with Crippen molar-refractivity contribution in [1.29, 1.82) is 0 Å². The molecule has 2 aromatic heterocycles. The van der Waals surface area contributed by atoms with Gasteiger partial charge in [-0.15, -0.1) is 11.3 Å². The lowest BCUT2D eigenvalue weighted by atomic mass is 10.0. The van der Waals surface area contributed by atoms with Crippen molar-refractivity contribution >= 4 is 23.2 Å². The second kappa shape index (κ2) is 6.54. The van der Waals surface area contributed by atoms with E-state index in [1.54, 1.807) is 16.2 Å². The van der Waals surface area contributed by atoms with E-state index >= 15 is 0 Å². The van der Waals surface area contributed by atoms with Crippen LogP contribution in [0.3, 0.4) is 0 Å². The lowest BCUT2D eigenvalue weighted by Crippen LogP contribution is -2.37. The fourth-order valence-electron chi connectivity index (χ4n) is 3.80. The van der Waals surface area contributed by atoms with Crippen LogP contribution < -0.4 is 0 Å². The summed E-state index contributed by atoms with van der Waals surface area (Å²) in [7, 11) is 0.